The summed E-state index contributed by atoms with van der Waals surface area (Å²) in [5.74, 6) is -1.36. The van der Waals surface area contributed by atoms with Gasteiger partial charge in [0.25, 0.3) is 0 Å². The van der Waals surface area contributed by atoms with Crippen molar-refractivity contribution >= 4 is 11.7 Å². The van der Waals surface area contributed by atoms with Crippen molar-refractivity contribution in [2.75, 3.05) is 24.5 Å². The van der Waals surface area contributed by atoms with Crippen LogP contribution < -0.4 is 9.64 Å². The summed E-state index contributed by atoms with van der Waals surface area (Å²) in [6, 6.07) is 12.2. The van der Waals surface area contributed by atoms with Crippen molar-refractivity contribution in [2.24, 2.45) is 5.41 Å². The van der Waals surface area contributed by atoms with Gasteiger partial charge in [0.15, 0.2) is 6.10 Å². The lowest BCUT2D eigenvalue weighted by Crippen LogP contribution is -2.39. The van der Waals surface area contributed by atoms with Gasteiger partial charge in [-0.05, 0) is 93.7 Å². The number of benzene rings is 2. The zero-order valence-corrected chi connectivity index (χ0v) is 29.4. The molecular weight excluding hydrogens is 638 g/mol. The predicted octanol–water partition coefficient (Wildman–Crippen LogP) is 8.73. The van der Waals surface area contributed by atoms with Crippen LogP contribution in [0, 0.1) is 19.3 Å². The maximum absolute atomic E-state index is 13.5. The van der Waals surface area contributed by atoms with E-state index in [1.807, 2.05) is 34.6 Å². The Morgan fingerprint density at radius 1 is 1.00 bits per heavy atom. The number of carboxylic acid groups (broad SMARTS) is 1. The topological polar surface area (TPSA) is 75.1 Å². The molecule has 3 aromatic rings. The standard InChI is InChI=1S/C38H47F4N3O4/c1-23-30(32(45-17-14-37(6,7)15-18-45)31(24(2)43-23)33(34(46)47)49-36(3,4)5)27-11-12-28-22-44(16-13-26(28)20-27)21-25-9-8-10-29(19-25)48-38(41,42)35(39)40/h8-12,19-20,33,35H,13-18,21-22H2,1-7H3,(H,46,47)/t33-/m0/s1. The number of aliphatic carboxylic acids is 1. The van der Waals surface area contributed by atoms with E-state index in [1.54, 1.807) is 6.07 Å². The first kappa shape index (κ1) is 36.6. The van der Waals surface area contributed by atoms with Gasteiger partial charge in [-0.2, -0.15) is 17.6 Å². The van der Waals surface area contributed by atoms with E-state index in [0.717, 1.165) is 66.0 Å². The van der Waals surface area contributed by atoms with Gasteiger partial charge in [-0.3, -0.25) is 9.88 Å². The molecule has 11 heteroatoms. The minimum absolute atomic E-state index is 0.186. The molecular formula is C38H47F4N3O4. The number of carbonyl (C=O) groups is 1. The molecule has 266 valence electrons. The van der Waals surface area contributed by atoms with E-state index < -0.39 is 30.2 Å². The van der Waals surface area contributed by atoms with Crippen LogP contribution >= 0.6 is 0 Å². The van der Waals surface area contributed by atoms with Crippen LogP contribution in [-0.2, 0) is 29.0 Å². The van der Waals surface area contributed by atoms with Gasteiger partial charge in [-0.25, -0.2) is 4.79 Å². The molecule has 0 radical (unpaired) electrons. The molecule has 0 amide bonds. The average molecular weight is 686 g/mol. The van der Waals surface area contributed by atoms with Crippen molar-refractivity contribution in [3.8, 4) is 16.9 Å². The predicted molar refractivity (Wildman–Crippen MR) is 181 cm³/mol. The van der Waals surface area contributed by atoms with Gasteiger partial charge in [0, 0.05) is 55.2 Å². The van der Waals surface area contributed by atoms with Crippen molar-refractivity contribution in [1.29, 1.82) is 0 Å². The number of halogens is 4. The van der Waals surface area contributed by atoms with E-state index in [-0.39, 0.29) is 11.2 Å². The second kappa shape index (κ2) is 13.9. The number of hydrogen-bond donors (Lipinski definition) is 1. The van der Waals surface area contributed by atoms with Gasteiger partial charge in [0.2, 0.25) is 0 Å². The van der Waals surface area contributed by atoms with Crippen molar-refractivity contribution in [3.63, 3.8) is 0 Å². The summed E-state index contributed by atoms with van der Waals surface area (Å²) in [6.45, 7) is 17.2. The fraction of sp³-hybridized carbons (Fsp3) is 0.526. The van der Waals surface area contributed by atoms with Crippen LogP contribution in [0.3, 0.4) is 0 Å². The summed E-state index contributed by atoms with van der Waals surface area (Å²) >= 11 is 0. The van der Waals surface area contributed by atoms with Crippen LogP contribution in [-0.4, -0.2) is 58.7 Å². The molecule has 5 rings (SSSR count). The molecule has 2 aliphatic heterocycles. The smallest absolute Gasteiger partial charge is 0.461 e. The molecule has 0 aliphatic carbocycles. The van der Waals surface area contributed by atoms with Gasteiger partial charge in [-0.15, -0.1) is 0 Å². The summed E-state index contributed by atoms with van der Waals surface area (Å²) in [6.07, 6.45) is -7.03. The monoisotopic (exact) mass is 685 g/mol. The number of rotatable bonds is 10. The second-order valence-electron chi connectivity index (χ2n) is 15.1. The van der Waals surface area contributed by atoms with Crippen molar-refractivity contribution in [1.82, 2.24) is 9.88 Å². The van der Waals surface area contributed by atoms with Crippen LogP contribution in [0.2, 0.25) is 0 Å². The van der Waals surface area contributed by atoms with Crippen molar-refractivity contribution < 1.29 is 36.9 Å². The highest BCUT2D eigenvalue weighted by atomic mass is 19.3. The van der Waals surface area contributed by atoms with E-state index in [4.69, 9.17) is 9.72 Å². The second-order valence-corrected chi connectivity index (χ2v) is 15.1. The Balaban J connectivity index is 1.48. The van der Waals surface area contributed by atoms with Crippen LogP contribution in [0.1, 0.15) is 87.2 Å². The Kier molecular flexibility index (Phi) is 10.4. The third kappa shape index (κ3) is 8.55. The highest BCUT2D eigenvalue weighted by molar-refractivity contribution is 5.88. The molecule has 49 heavy (non-hydrogen) atoms. The van der Waals surface area contributed by atoms with Crippen LogP contribution in [0.5, 0.6) is 5.75 Å². The van der Waals surface area contributed by atoms with E-state index in [0.29, 0.717) is 36.5 Å². The van der Waals surface area contributed by atoms with Gasteiger partial charge in [-0.1, -0.05) is 44.2 Å². The maximum Gasteiger partial charge on any atom is 0.461 e. The summed E-state index contributed by atoms with van der Waals surface area (Å²) in [5.41, 5.74) is 7.22. The van der Waals surface area contributed by atoms with Crippen molar-refractivity contribution in [2.45, 2.75) is 105 Å². The fourth-order valence-corrected chi connectivity index (χ4v) is 6.82. The van der Waals surface area contributed by atoms with E-state index >= 15 is 0 Å². The highest BCUT2D eigenvalue weighted by Crippen LogP contribution is 2.45. The fourth-order valence-electron chi connectivity index (χ4n) is 6.82. The Labute approximate surface area is 286 Å². The van der Waals surface area contributed by atoms with E-state index in [1.165, 1.54) is 18.2 Å². The van der Waals surface area contributed by atoms with Gasteiger partial charge in [0.05, 0.1) is 11.3 Å². The summed E-state index contributed by atoms with van der Waals surface area (Å²) in [4.78, 5) is 22.2. The molecule has 0 saturated carbocycles. The Morgan fingerprint density at radius 3 is 2.33 bits per heavy atom. The normalized spacial score (nSPS) is 17.6. The Bertz CT molecular complexity index is 1680. The molecule has 1 atom stereocenters. The number of ether oxygens (including phenoxy) is 2. The minimum atomic E-state index is -4.56. The molecule has 2 aromatic carbocycles. The van der Waals surface area contributed by atoms with E-state index in [2.05, 4.69) is 46.6 Å². The first-order chi connectivity index (χ1) is 22.8. The maximum atomic E-state index is 13.5. The number of fused-ring (bicyclic) bond motifs is 1. The zero-order valence-electron chi connectivity index (χ0n) is 29.4. The molecule has 1 aromatic heterocycles. The molecule has 2 aliphatic rings. The van der Waals surface area contributed by atoms with Crippen LogP contribution in [0.4, 0.5) is 23.2 Å². The zero-order chi connectivity index (χ0) is 35.9. The highest BCUT2D eigenvalue weighted by Gasteiger charge is 2.44. The van der Waals surface area contributed by atoms with Gasteiger partial charge in [0.1, 0.15) is 5.75 Å². The first-order valence-electron chi connectivity index (χ1n) is 16.8. The number of alkyl halides is 4. The van der Waals surface area contributed by atoms with Gasteiger partial charge >= 0.3 is 18.5 Å². The molecule has 1 saturated heterocycles. The third-order valence-corrected chi connectivity index (χ3v) is 9.37. The number of aryl methyl sites for hydroxylation is 2. The summed E-state index contributed by atoms with van der Waals surface area (Å²) < 4.78 is 62.8. The molecule has 3 heterocycles. The molecule has 7 nitrogen and oxygen atoms in total. The largest absolute Gasteiger partial charge is 0.479 e. The summed E-state index contributed by atoms with van der Waals surface area (Å²) in [5, 5.41) is 10.5. The molecule has 1 fully saturated rings. The van der Waals surface area contributed by atoms with Crippen molar-refractivity contribution in [3.05, 3.63) is 76.1 Å². The molecule has 0 unspecified atom stereocenters. The lowest BCUT2D eigenvalue weighted by Gasteiger charge is -2.41. The minimum Gasteiger partial charge on any atom is -0.479 e. The first-order valence-corrected chi connectivity index (χ1v) is 16.8. The summed E-state index contributed by atoms with van der Waals surface area (Å²) in [7, 11) is 0. The lowest BCUT2D eigenvalue weighted by atomic mass is 9.81. The number of nitrogens with zero attached hydrogens (tertiary/aromatic N) is 3. The van der Waals surface area contributed by atoms with Crippen LogP contribution in [0.25, 0.3) is 11.1 Å². The number of pyridine rings is 1. The SMILES string of the molecule is Cc1nc(C)c([C@H](OC(C)(C)C)C(=O)O)c(N2CCC(C)(C)CC2)c1-c1ccc2c(c1)CCN(Cc1cccc(OC(F)(F)C(F)F)c1)C2. The number of anilines is 1. The Hall–Kier alpha value is -3.70. The molecule has 0 spiro atoms. The van der Waals surface area contributed by atoms with Crippen LogP contribution in [0.15, 0.2) is 42.5 Å². The number of aromatic nitrogens is 1. The quantitative estimate of drug-likeness (QED) is 0.214. The van der Waals surface area contributed by atoms with E-state index in [9.17, 15) is 27.5 Å². The third-order valence-electron chi connectivity index (χ3n) is 9.37. The number of piperidine rings is 1. The number of hydrogen-bond acceptors (Lipinski definition) is 6. The lowest BCUT2D eigenvalue weighted by molar-refractivity contribution is -0.253. The molecule has 0 bridgehead atoms. The number of carboxylic acids is 1. The molecule has 1 N–H and O–H groups in total. The Morgan fingerprint density at radius 2 is 1.69 bits per heavy atom. The van der Waals surface area contributed by atoms with Gasteiger partial charge < -0.3 is 19.5 Å². The average Bonchev–Trinajstić information content (AvgIpc) is 2.99.